The third kappa shape index (κ3) is 6.51. The van der Waals surface area contributed by atoms with Crippen molar-refractivity contribution in [2.45, 2.75) is 46.7 Å². The molecular formula is C24H32N2O4. The molecule has 1 N–H and O–H groups in total. The normalized spacial score (nSPS) is 11.5. The number of ether oxygens (including phenoxy) is 2. The Labute approximate surface area is 179 Å². The second kappa shape index (κ2) is 11.2. The second-order valence-electron chi connectivity index (χ2n) is 7.37. The summed E-state index contributed by atoms with van der Waals surface area (Å²) in [5.74, 6) is 0.954. The van der Waals surface area contributed by atoms with Crippen molar-refractivity contribution in [2.75, 3.05) is 20.3 Å². The van der Waals surface area contributed by atoms with Gasteiger partial charge in [-0.25, -0.2) is 0 Å². The predicted molar refractivity (Wildman–Crippen MR) is 118 cm³/mol. The number of hydrogen-bond donors (Lipinski definition) is 1. The van der Waals surface area contributed by atoms with Crippen molar-refractivity contribution in [1.29, 1.82) is 0 Å². The molecule has 2 aromatic rings. The van der Waals surface area contributed by atoms with E-state index in [0.29, 0.717) is 18.8 Å². The van der Waals surface area contributed by atoms with Crippen LogP contribution in [0.25, 0.3) is 0 Å². The van der Waals surface area contributed by atoms with E-state index in [1.54, 1.807) is 18.9 Å². The first kappa shape index (κ1) is 23.3. The van der Waals surface area contributed by atoms with Crippen molar-refractivity contribution in [1.82, 2.24) is 10.2 Å². The number of carbonyl (C=O) groups is 2. The maximum atomic E-state index is 13.0. The Morgan fingerprint density at radius 1 is 1.03 bits per heavy atom. The minimum Gasteiger partial charge on any atom is -0.497 e. The minimum atomic E-state index is -0.616. The lowest BCUT2D eigenvalue weighted by Crippen LogP contribution is -2.49. The van der Waals surface area contributed by atoms with Crippen LogP contribution in [0.2, 0.25) is 0 Å². The number of aryl methyl sites for hydroxylation is 2. The van der Waals surface area contributed by atoms with Gasteiger partial charge in [-0.3, -0.25) is 9.59 Å². The summed E-state index contributed by atoms with van der Waals surface area (Å²) in [5, 5.41) is 2.87. The Balaban J connectivity index is 2.13. The molecule has 0 aromatic heterocycles. The lowest BCUT2D eigenvalue weighted by Gasteiger charge is -2.28. The largest absolute Gasteiger partial charge is 0.497 e. The standard InChI is InChI=1S/C24H32N2O4/c1-6-13-25-24(28)19(4)26(15-20-8-11-21(29-5)12-9-20)23(27)16-30-22-10-7-17(2)18(3)14-22/h7-12,14,19H,6,13,15-16H2,1-5H3,(H,25,28). The molecule has 2 amide bonds. The molecule has 0 radical (unpaired) electrons. The first-order valence-electron chi connectivity index (χ1n) is 10.3. The van der Waals surface area contributed by atoms with Gasteiger partial charge in [-0.2, -0.15) is 0 Å². The van der Waals surface area contributed by atoms with E-state index in [-0.39, 0.29) is 18.4 Å². The molecule has 2 rings (SSSR count). The van der Waals surface area contributed by atoms with Crippen LogP contribution < -0.4 is 14.8 Å². The Bertz CT molecular complexity index is 849. The molecule has 0 bridgehead atoms. The fourth-order valence-electron chi connectivity index (χ4n) is 2.94. The highest BCUT2D eigenvalue weighted by Crippen LogP contribution is 2.18. The fourth-order valence-corrected chi connectivity index (χ4v) is 2.94. The maximum absolute atomic E-state index is 13.0. The van der Waals surface area contributed by atoms with Crippen molar-refractivity contribution in [2.24, 2.45) is 0 Å². The van der Waals surface area contributed by atoms with E-state index < -0.39 is 6.04 Å². The van der Waals surface area contributed by atoms with Gasteiger partial charge in [-0.15, -0.1) is 0 Å². The van der Waals surface area contributed by atoms with Gasteiger partial charge in [0.05, 0.1) is 7.11 Å². The van der Waals surface area contributed by atoms with Crippen molar-refractivity contribution in [3.8, 4) is 11.5 Å². The summed E-state index contributed by atoms with van der Waals surface area (Å²) in [6.45, 7) is 8.50. The van der Waals surface area contributed by atoms with Crippen LogP contribution >= 0.6 is 0 Å². The number of methoxy groups -OCH3 is 1. The first-order chi connectivity index (χ1) is 14.3. The van der Waals surface area contributed by atoms with Crippen LogP contribution in [0.4, 0.5) is 0 Å². The first-order valence-corrected chi connectivity index (χ1v) is 10.3. The molecule has 2 aromatic carbocycles. The van der Waals surface area contributed by atoms with E-state index >= 15 is 0 Å². The summed E-state index contributed by atoms with van der Waals surface area (Å²) in [5.41, 5.74) is 3.17. The third-order valence-electron chi connectivity index (χ3n) is 5.07. The number of nitrogens with one attached hydrogen (secondary N) is 1. The van der Waals surface area contributed by atoms with Crippen molar-refractivity contribution < 1.29 is 19.1 Å². The van der Waals surface area contributed by atoms with Crippen LogP contribution in [0.15, 0.2) is 42.5 Å². The van der Waals surface area contributed by atoms with Gasteiger partial charge in [-0.05, 0) is 68.1 Å². The zero-order valence-electron chi connectivity index (χ0n) is 18.5. The van der Waals surface area contributed by atoms with E-state index in [1.165, 1.54) is 0 Å². The molecule has 6 heteroatoms. The van der Waals surface area contributed by atoms with Gasteiger partial charge < -0.3 is 19.7 Å². The maximum Gasteiger partial charge on any atom is 0.261 e. The number of hydrogen-bond acceptors (Lipinski definition) is 4. The monoisotopic (exact) mass is 412 g/mol. The van der Waals surface area contributed by atoms with Gasteiger partial charge >= 0.3 is 0 Å². The minimum absolute atomic E-state index is 0.135. The Morgan fingerprint density at radius 2 is 1.70 bits per heavy atom. The molecule has 162 valence electrons. The SMILES string of the molecule is CCCNC(=O)C(C)N(Cc1ccc(OC)cc1)C(=O)COc1ccc(C)c(C)c1. The molecule has 0 spiro atoms. The molecule has 0 fully saturated rings. The average Bonchev–Trinajstić information content (AvgIpc) is 2.76. The highest BCUT2D eigenvalue weighted by molar-refractivity contribution is 5.87. The third-order valence-corrected chi connectivity index (χ3v) is 5.07. The average molecular weight is 413 g/mol. The summed E-state index contributed by atoms with van der Waals surface area (Å²) in [6.07, 6.45) is 0.834. The summed E-state index contributed by atoms with van der Waals surface area (Å²) in [7, 11) is 1.61. The summed E-state index contributed by atoms with van der Waals surface area (Å²) in [6, 6.07) is 12.6. The van der Waals surface area contributed by atoms with E-state index in [2.05, 4.69) is 5.32 Å². The highest BCUT2D eigenvalue weighted by Gasteiger charge is 2.26. The number of benzene rings is 2. The quantitative estimate of drug-likeness (QED) is 0.647. The molecular weight excluding hydrogens is 380 g/mol. The predicted octanol–water partition coefficient (Wildman–Crippen LogP) is 3.63. The number of carbonyl (C=O) groups excluding carboxylic acids is 2. The molecule has 1 atom stereocenters. The van der Waals surface area contributed by atoms with Gasteiger partial charge in [0.25, 0.3) is 5.91 Å². The molecule has 0 aliphatic carbocycles. The molecule has 0 heterocycles. The molecule has 0 aliphatic heterocycles. The molecule has 30 heavy (non-hydrogen) atoms. The topological polar surface area (TPSA) is 67.9 Å². The smallest absolute Gasteiger partial charge is 0.261 e. The highest BCUT2D eigenvalue weighted by atomic mass is 16.5. The van der Waals surface area contributed by atoms with Gasteiger partial charge in [-0.1, -0.05) is 25.1 Å². The summed E-state index contributed by atoms with van der Waals surface area (Å²) >= 11 is 0. The molecule has 0 saturated carbocycles. The second-order valence-corrected chi connectivity index (χ2v) is 7.37. The van der Waals surface area contributed by atoms with E-state index in [4.69, 9.17) is 9.47 Å². The fraction of sp³-hybridized carbons (Fsp3) is 0.417. The van der Waals surface area contributed by atoms with Crippen molar-refractivity contribution >= 4 is 11.8 Å². The van der Waals surface area contributed by atoms with Gasteiger partial charge in [0.2, 0.25) is 5.91 Å². The number of rotatable bonds is 10. The van der Waals surface area contributed by atoms with E-state index in [9.17, 15) is 9.59 Å². The van der Waals surface area contributed by atoms with Crippen LogP contribution in [0.3, 0.4) is 0 Å². The van der Waals surface area contributed by atoms with Crippen molar-refractivity contribution in [3.63, 3.8) is 0 Å². The Hall–Kier alpha value is -3.02. The van der Waals surface area contributed by atoms with Crippen LogP contribution in [-0.4, -0.2) is 43.0 Å². The molecule has 6 nitrogen and oxygen atoms in total. The van der Waals surface area contributed by atoms with Gasteiger partial charge in [0.1, 0.15) is 17.5 Å². The molecule has 0 saturated heterocycles. The number of amides is 2. The lowest BCUT2D eigenvalue weighted by atomic mass is 10.1. The van der Waals surface area contributed by atoms with Gasteiger partial charge in [0.15, 0.2) is 6.61 Å². The van der Waals surface area contributed by atoms with Gasteiger partial charge in [0, 0.05) is 13.1 Å². The van der Waals surface area contributed by atoms with Crippen LogP contribution in [0, 0.1) is 13.8 Å². The van der Waals surface area contributed by atoms with E-state index in [1.807, 2.05) is 63.2 Å². The van der Waals surface area contributed by atoms with Crippen LogP contribution in [0.1, 0.15) is 37.0 Å². The van der Waals surface area contributed by atoms with Crippen LogP contribution in [-0.2, 0) is 16.1 Å². The zero-order chi connectivity index (χ0) is 22.1. The van der Waals surface area contributed by atoms with Crippen LogP contribution in [0.5, 0.6) is 11.5 Å². The summed E-state index contributed by atoms with van der Waals surface area (Å²) in [4.78, 5) is 27.1. The lowest BCUT2D eigenvalue weighted by molar-refractivity contribution is -0.142. The molecule has 0 aliphatic rings. The number of nitrogens with zero attached hydrogens (tertiary/aromatic N) is 1. The van der Waals surface area contributed by atoms with Crippen molar-refractivity contribution in [3.05, 3.63) is 59.2 Å². The zero-order valence-corrected chi connectivity index (χ0v) is 18.5. The summed E-state index contributed by atoms with van der Waals surface area (Å²) < 4.78 is 10.9. The molecule has 1 unspecified atom stereocenters. The van der Waals surface area contributed by atoms with E-state index in [0.717, 1.165) is 28.9 Å². The Kier molecular flexibility index (Phi) is 8.71. The Morgan fingerprint density at radius 3 is 2.30 bits per heavy atom.